The van der Waals surface area contributed by atoms with Crippen molar-refractivity contribution in [3.63, 3.8) is 0 Å². The Morgan fingerprint density at radius 3 is 1.61 bits per heavy atom. The van der Waals surface area contributed by atoms with E-state index in [2.05, 4.69) is 264 Å². The molecular weight excluding hydrogens is 797 g/mol. The molecule has 308 valence electrons. The van der Waals surface area contributed by atoms with E-state index in [4.69, 9.17) is 0 Å². The molecule has 0 saturated carbocycles. The maximum absolute atomic E-state index is 2.45. The zero-order chi connectivity index (χ0) is 43.6. The molecule has 0 aliphatic carbocycles. The molecule has 1 aromatic heterocycles. The summed E-state index contributed by atoms with van der Waals surface area (Å²) in [4.78, 5) is 2.41. The summed E-state index contributed by atoms with van der Waals surface area (Å²) in [5.74, 6) is 0. The van der Waals surface area contributed by atoms with Gasteiger partial charge in [0.15, 0.2) is 0 Å². The monoisotopic (exact) mass is 838 g/mol. The first-order valence-electron chi connectivity index (χ1n) is 22.7. The van der Waals surface area contributed by atoms with Gasteiger partial charge in [-0.3, -0.25) is 0 Å². The van der Waals surface area contributed by atoms with Crippen molar-refractivity contribution >= 4 is 82.0 Å². The minimum Gasteiger partial charge on any atom is -0.310 e. The number of para-hydroxylation sites is 1. The highest BCUT2D eigenvalue weighted by Crippen LogP contribution is 2.44. The van der Waals surface area contributed by atoms with Gasteiger partial charge in [-0.15, -0.1) is 0 Å². The Morgan fingerprint density at radius 2 is 0.803 bits per heavy atom. The fourth-order valence-corrected chi connectivity index (χ4v) is 10.4. The second kappa shape index (κ2) is 15.5. The number of rotatable bonds is 7. The summed E-state index contributed by atoms with van der Waals surface area (Å²) in [6.07, 6.45) is 0. The van der Waals surface area contributed by atoms with Gasteiger partial charge in [0, 0.05) is 38.9 Å². The van der Waals surface area contributed by atoms with E-state index < -0.39 is 0 Å². The molecule has 1 heterocycles. The quantitative estimate of drug-likeness (QED) is 0.145. The van der Waals surface area contributed by atoms with Crippen LogP contribution in [0, 0.1) is 0 Å². The number of nitrogens with zero attached hydrogens (tertiary/aromatic N) is 2. The van der Waals surface area contributed by atoms with Gasteiger partial charge in [-0.2, -0.15) is 0 Å². The van der Waals surface area contributed by atoms with Crippen molar-refractivity contribution in [1.82, 2.24) is 4.57 Å². The zero-order valence-corrected chi connectivity index (χ0v) is 36.1. The first kappa shape index (κ1) is 37.8. The van der Waals surface area contributed by atoms with Gasteiger partial charge in [0.1, 0.15) is 0 Å². The fraction of sp³-hybridized carbons (Fsp3) is 0. The molecule has 0 bridgehead atoms. The van der Waals surface area contributed by atoms with E-state index in [1.54, 1.807) is 0 Å². The first-order valence-corrected chi connectivity index (χ1v) is 22.7. The summed E-state index contributed by atoms with van der Waals surface area (Å²) >= 11 is 0. The van der Waals surface area contributed by atoms with E-state index in [0.717, 1.165) is 28.3 Å². The second-order valence-electron chi connectivity index (χ2n) is 17.3. The van der Waals surface area contributed by atoms with Crippen LogP contribution >= 0.6 is 0 Å². The highest BCUT2D eigenvalue weighted by Gasteiger charge is 2.20. The number of benzene rings is 12. The summed E-state index contributed by atoms with van der Waals surface area (Å²) in [6.45, 7) is 0. The van der Waals surface area contributed by atoms with Crippen LogP contribution in [0.25, 0.3) is 104 Å². The molecular formula is C64H42N2. The van der Waals surface area contributed by atoms with Crippen LogP contribution in [0.4, 0.5) is 17.1 Å². The van der Waals surface area contributed by atoms with E-state index in [1.165, 1.54) is 92.7 Å². The lowest BCUT2D eigenvalue weighted by atomic mass is 9.96. The lowest BCUT2D eigenvalue weighted by molar-refractivity contribution is 1.19. The lowest BCUT2D eigenvalue weighted by Gasteiger charge is -2.27. The minimum absolute atomic E-state index is 1.09. The van der Waals surface area contributed by atoms with Crippen molar-refractivity contribution < 1.29 is 0 Å². The number of hydrogen-bond acceptors (Lipinski definition) is 1. The molecule has 0 radical (unpaired) electrons. The van der Waals surface area contributed by atoms with Crippen molar-refractivity contribution in [3.8, 4) is 39.1 Å². The summed E-state index contributed by atoms with van der Waals surface area (Å²) in [5, 5.41) is 12.5. The van der Waals surface area contributed by atoms with E-state index in [-0.39, 0.29) is 0 Å². The summed E-state index contributed by atoms with van der Waals surface area (Å²) in [7, 11) is 0. The van der Waals surface area contributed by atoms with Gasteiger partial charge >= 0.3 is 0 Å². The van der Waals surface area contributed by atoms with Crippen LogP contribution in [0.3, 0.4) is 0 Å². The van der Waals surface area contributed by atoms with E-state index >= 15 is 0 Å². The third-order valence-electron chi connectivity index (χ3n) is 13.5. The molecule has 0 fully saturated rings. The number of aromatic nitrogens is 1. The predicted molar refractivity (Wildman–Crippen MR) is 282 cm³/mol. The molecule has 0 aliphatic rings. The van der Waals surface area contributed by atoms with Crippen LogP contribution in [0.2, 0.25) is 0 Å². The van der Waals surface area contributed by atoms with Crippen molar-refractivity contribution in [2.24, 2.45) is 0 Å². The molecule has 0 N–H and O–H groups in total. The minimum atomic E-state index is 1.09. The predicted octanol–water partition coefficient (Wildman–Crippen LogP) is 17.9. The van der Waals surface area contributed by atoms with Crippen LogP contribution in [-0.2, 0) is 0 Å². The second-order valence-corrected chi connectivity index (χ2v) is 17.3. The Kier molecular flexibility index (Phi) is 8.89. The summed E-state index contributed by atoms with van der Waals surface area (Å²) in [5.41, 5.74) is 14.1. The fourth-order valence-electron chi connectivity index (χ4n) is 10.4. The number of anilines is 3. The van der Waals surface area contributed by atoms with Gasteiger partial charge in [-0.05, 0) is 126 Å². The molecule has 0 amide bonds. The van der Waals surface area contributed by atoms with Crippen LogP contribution < -0.4 is 4.90 Å². The standard InChI is InChI=1S/C64H42N2/c1-2-18-51(19-3-1)66-62-26-12-25-59(63(62)61-39-35-47-15-6-9-23-60(47)64(61)66)49-17-10-20-53(41-49)65(54-38-40-58-50(42-54)32-31-46-14-5-8-22-56(46)58)52-36-33-44(34-37-52)43-27-29-48(30-28-43)57-24-11-16-45-13-4-7-21-55(45)57/h1-42H. The summed E-state index contributed by atoms with van der Waals surface area (Å²) < 4.78 is 2.45. The van der Waals surface area contributed by atoms with Crippen LogP contribution in [0.1, 0.15) is 0 Å². The topological polar surface area (TPSA) is 8.17 Å². The highest BCUT2D eigenvalue weighted by atomic mass is 15.1. The SMILES string of the molecule is c1ccc(-n2c3cccc(-c4cccc(N(c5ccc(-c6ccc(-c7cccc8ccccc78)cc6)cc5)c5ccc6c(ccc7ccccc76)c5)c4)c3c3ccc4ccccc4c32)cc1. The van der Waals surface area contributed by atoms with Crippen molar-refractivity contribution in [2.45, 2.75) is 0 Å². The van der Waals surface area contributed by atoms with Gasteiger partial charge in [0.05, 0.1) is 11.0 Å². The molecule has 0 atom stereocenters. The maximum Gasteiger partial charge on any atom is 0.0619 e. The average Bonchev–Trinajstić information content (AvgIpc) is 3.74. The van der Waals surface area contributed by atoms with Crippen molar-refractivity contribution in [2.75, 3.05) is 4.90 Å². The number of fused-ring (bicyclic) bond motifs is 9. The zero-order valence-electron chi connectivity index (χ0n) is 36.1. The molecule has 0 saturated heterocycles. The molecule has 0 aliphatic heterocycles. The van der Waals surface area contributed by atoms with Gasteiger partial charge in [0.2, 0.25) is 0 Å². The van der Waals surface area contributed by atoms with Gasteiger partial charge < -0.3 is 9.47 Å². The molecule has 12 aromatic carbocycles. The van der Waals surface area contributed by atoms with E-state index in [9.17, 15) is 0 Å². The van der Waals surface area contributed by atoms with Crippen LogP contribution in [0.5, 0.6) is 0 Å². The Morgan fingerprint density at radius 1 is 0.273 bits per heavy atom. The maximum atomic E-state index is 2.45. The molecule has 0 spiro atoms. The van der Waals surface area contributed by atoms with Crippen molar-refractivity contribution in [1.29, 1.82) is 0 Å². The lowest BCUT2D eigenvalue weighted by Crippen LogP contribution is -2.10. The Bertz CT molecular complexity index is 3970. The Hall–Kier alpha value is -8.72. The Balaban J connectivity index is 0.949. The largest absolute Gasteiger partial charge is 0.310 e. The summed E-state index contributed by atoms with van der Waals surface area (Å²) in [6, 6.07) is 93.3. The Labute approximate surface area is 383 Å². The van der Waals surface area contributed by atoms with Crippen LogP contribution in [0.15, 0.2) is 255 Å². The molecule has 13 rings (SSSR count). The highest BCUT2D eigenvalue weighted by molar-refractivity contribution is 6.22. The number of hydrogen-bond donors (Lipinski definition) is 0. The van der Waals surface area contributed by atoms with Gasteiger partial charge in [-0.25, -0.2) is 0 Å². The van der Waals surface area contributed by atoms with Gasteiger partial charge in [0.25, 0.3) is 0 Å². The third kappa shape index (κ3) is 6.26. The van der Waals surface area contributed by atoms with Gasteiger partial charge in [-0.1, -0.05) is 200 Å². The smallest absolute Gasteiger partial charge is 0.0619 e. The molecule has 2 heteroatoms. The molecule has 0 unspecified atom stereocenters. The third-order valence-corrected chi connectivity index (χ3v) is 13.5. The average molecular weight is 839 g/mol. The van der Waals surface area contributed by atoms with Crippen LogP contribution in [-0.4, -0.2) is 4.57 Å². The molecule has 13 aromatic rings. The first-order chi connectivity index (χ1) is 32.7. The molecule has 66 heavy (non-hydrogen) atoms. The van der Waals surface area contributed by atoms with E-state index in [0.29, 0.717) is 0 Å². The normalized spacial score (nSPS) is 11.6. The van der Waals surface area contributed by atoms with Crippen molar-refractivity contribution in [3.05, 3.63) is 255 Å². The molecule has 2 nitrogen and oxygen atoms in total. The van der Waals surface area contributed by atoms with E-state index in [1.807, 2.05) is 0 Å².